The van der Waals surface area contributed by atoms with E-state index in [2.05, 4.69) is 5.10 Å². The van der Waals surface area contributed by atoms with Crippen LogP contribution in [0.25, 0.3) is 10.9 Å². The molecule has 1 aromatic heterocycles. The minimum absolute atomic E-state index is 0.138. The number of hydrogen-bond donors (Lipinski definition) is 0. The van der Waals surface area contributed by atoms with Crippen LogP contribution < -0.4 is 0 Å². The van der Waals surface area contributed by atoms with Crippen LogP contribution in [0.3, 0.4) is 0 Å². The second-order valence-corrected chi connectivity index (χ2v) is 5.36. The number of aromatic nitrogens is 2. The van der Waals surface area contributed by atoms with Crippen LogP contribution in [0.1, 0.15) is 31.2 Å². The fraction of sp³-hybridized carbons (Fsp3) is 0.500. The predicted molar refractivity (Wildman–Crippen MR) is 66.9 cm³/mol. The standard InChI is InChI=1S/C14H14F4N2/c1-2-8-3-10(8)11-5-13-9(4-12(11)15)6-19-20(13)7-14(16,17)18/h4-6,8,10H,2-3,7H2,1H3/t8-,10-/m0/s1. The van der Waals surface area contributed by atoms with Crippen molar-refractivity contribution in [2.24, 2.45) is 5.92 Å². The van der Waals surface area contributed by atoms with Gasteiger partial charge in [-0.05, 0) is 36.0 Å². The van der Waals surface area contributed by atoms with Crippen molar-refractivity contribution in [3.8, 4) is 0 Å². The summed E-state index contributed by atoms with van der Waals surface area (Å²) in [6.45, 7) is 0.887. The highest BCUT2D eigenvalue weighted by atomic mass is 19.4. The Morgan fingerprint density at radius 1 is 1.35 bits per heavy atom. The van der Waals surface area contributed by atoms with Gasteiger partial charge in [-0.15, -0.1) is 0 Å². The van der Waals surface area contributed by atoms with E-state index in [1.165, 1.54) is 18.3 Å². The molecule has 0 spiro atoms. The van der Waals surface area contributed by atoms with Gasteiger partial charge in [0.15, 0.2) is 0 Å². The summed E-state index contributed by atoms with van der Waals surface area (Å²) in [6, 6.07) is 2.82. The van der Waals surface area contributed by atoms with E-state index in [1.807, 2.05) is 6.92 Å². The van der Waals surface area contributed by atoms with Crippen LogP contribution >= 0.6 is 0 Å². The highest BCUT2D eigenvalue weighted by Crippen LogP contribution is 2.50. The van der Waals surface area contributed by atoms with Gasteiger partial charge in [0.2, 0.25) is 0 Å². The van der Waals surface area contributed by atoms with Crippen LogP contribution in [-0.4, -0.2) is 16.0 Å². The van der Waals surface area contributed by atoms with E-state index < -0.39 is 12.7 Å². The quantitative estimate of drug-likeness (QED) is 0.771. The first kappa shape index (κ1) is 13.4. The Bertz CT molecular complexity index is 644. The summed E-state index contributed by atoms with van der Waals surface area (Å²) < 4.78 is 52.3. The summed E-state index contributed by atoms with van der Waals surface area (Å²) in [5.74, 6) is 0.240. The van der Waals surface area contributed by atoms with E-state index in [0.29, 0.717) is 22.4 Å². The van der Waals surface area contributed by atoms with E-state index in [9.17, 15) is 17.6 Å². The molecule has 2 atom stereocenters. The lowest BCUT2D eigenvalue weighted by Crippen LogP contribution is -2.18. The van der Waals surface area contributed by atoms with Crippen molar-refractivity contribution in [2.45, 2.75) is 38.4 Å². The highest BCUT2D eigenvalue weighted by molar-refractivity contribution is 5.79. The molecule has 2 aromatic rings. The average Bonchev–Trinajstić information content (AvgIpc) is 3.04. The fourth-order valence-corrected chi connectivity index (χ4v) is 2.77. The zero-order valence-electron chi connectivity index (χ0n) is 10.9. The minimum atomic E-state index is -4.33. The van der Waals surface area contributed by atoms with Crippen molar-refractivity contribution in [2.75, 3.05) is 0 Å². The summed E-state index contributed by atoms with van der Waals surface area (Å²) in [5.41, 5.74) is 0.869. The van der Waals surface area contributed by atoms with Gasteiger partial charge >= 0.3 is 6.18 Å². The average molecular weight is 286 g/mol. The summed E-state index contributed by atoms with van der Waals surface area (Å²) in [6.07, 6.45) is -1.19. The smallest absolute Gasteiger partial charge is 0.256 e. The third kappa shape index (κ3) is 2.39. The molecule has 0 unspecified atom stereocenters. The number of nitrogens with zero attached hydrogens (tertiary/aromatic N) is 2. The Kier molecular flexibility index (Phi) is 2.99. The Morgan fingerprint density at radius 2 is 2.10 bits per heavy atom. The molecule has 0 aliphatic heterocycles. The Hall–Kier alpha value is -1.59. The lowest BCUT2D eigenvalue weighted by Gasteiger charge is -2.09. The fourth-order valence-electron chi connectivity index (χ4n) is 2.77. The molecule has 1 heterocycles. The van der Waals surface area contributed by atoms with Crippen LogP contribution in [-0.2, 0) is 6.54 Å². The zero-order valence-corrected chi connectivity index (χ0v) is 10.9. The van der Waals surface area contributed by atoms with Gasteiger partial charge < -0.3 is 0 Å². The topological polar surface area (TPSA) is 17.8 Å². The van der Waals surface area contributed by atoms with Gasteiger partial charge in [-0.3, -0.25) is 4.68 Å². The SMILES string of the molecule is CC[C@H]1C[C@@H]1c1cc2c(cnn2CC(F)(F)F)cc1F. The molecule has 0 amide bonds. The molecule has 0 N–H and O–H groups in total. The Labute approximate surface area is 113 Å². The number of rotatable bonds is 3. The van der Waals surface area contributed by atoms with Gasteiger partial charge in [0, 0.05) is 5.39 Å². The molecule has 6 heteroatoms. The lowest BCUT2D eigenvalue weighted by molar-refractivity contribution is -0.141. The number of alkyl halides is 3. The first-order valence-electron chi connectivity index (χ1n) is 6.60. The summed E-state index contributed by atoms with van der Waals surface area (Å²) in [5, 5.41) is 4.12. The first-order valence-corrected chi connectivity index (χ1v) is 6.60. The summed E-state index contributed by atoms with van der Waals surface area (Å²) >= 11 is 0. The highest BCUT2D eigenvalue weighted by Gasteiger charge is 2.38. The van der Waals surface area contributed by atoms with Gasteiger partial charge in [0.1, 0.15) is 12.4 Å². The molecule has 3 rings (SSSR count). The number of benzene rings is 1. The Balaban J connectivity index is 2.01. The molecule has 1 aliphatic rings. The predicted octanol–water partition coefficient (Wildman–Crippen LogP) is 4.25. The van der Waals surface area contributed by atoms with Gasteiger partial charge in [0.05, 0.1) is 11.7 Å². The van der Waals surface area contributed by atoms with Gasteiger partial charge in [-0.25, -0.2) is 4.39 Å². The van der Waals surface area contributed by atoms with Gasteiger partial charge in [-0.1, -0.05) is 13.3 Å². The van der Waals surface area contributed by atoms with E-state index in [0.717, 1.165) is 17.5 Å². The lowest BCUT2D eigenvalue weighted by atomic mass is 10.1. The second kappa shape index (κ2) is 4.46. The third-order valence-electron chi connectivity index (χ3n) is 3.94. The second-order valence-electron chi connectivity index (χ2n) is 5.36. The first-order chi connectivity index (χ1) is 9.39. The zero-order chi connectivity index (χ0) is 14.5. The van der Waals surface area contributed by atoms with Gasteiger partial charge in [0.25, 0.3) is 0 Å². The maximum absolute atomic E-state index is 14.0. The largest absolute Gasteiger partial charge is 0.408 e. The summed E-state index contributed by atoms with van der Waals surface area (Å²) in [4.78, 5) is 0. The van der Waals surface area contributed by atoms with Crippen LogP contribution in [0.5, 0.6) is 0 Å². The minimum Gasteiger partial charge on any atom is -0.256 e. The van der Waals surface area contributed by atoms with Crippen molar-refractivity contribution in [3.63, 3.8) is 0 Å². The summed E-state index contributed by atoms with van der Waals surface area (Å²) in [7, 11) is 0. The van der Waals surface area contributed by atoms with Crippen molar-refractivity contribution in [1.29, 1.82) is 0 Å². The van der Waals surface area contributed by atoms with E-state index >= 15 is 0 Å². The van der Waals surface area contributed by atoms with Crippen molar-refractivity contribution < 1.29 is 17.6 Å². The molecular formula is C14H14F4N2. The van der Waals surface area contributed by atoms with Crippen LogP contribution in [0, 0.1) is 11.7 Å². The van der Waals surface area contributed by atoms with Crippen LogP contribution in [0.4, 0.5) is 17.6 Å². The maximum atomic E-state index is 14.0. The van der Waals surface area contributed by atoms with Crippen LogP contribution in [0.2, 0.25) is 0 Å². The maximum Gasteiger partial charge on any atom is 0.408 e. The molecule has 1 aromatic carbocycles. The molecule has 0 saturated heterocycles. The monoisotopic (exact) mass is 286 g/mol. The third-order valence-corrected chi connectivity index (χ3v) is 3.94. The van der Waals surface area contributed by atoms with Crippen LogP contribution in [0.15, 0.2) is 18.3 Å². The number of hydrogen-bond acceptors (Lipinski definition) is 1. The molecule has 1 aliphatic carbocycles. The molecule has 20 heavy (non-hydrogen) atoms. The van der Waals surface area contributed by atoms with Crippen molar-refractivity contribution in [1.82, 2.24) is 9.78 Å². The van der Waals surface area contributed by atoms with Crippen molar-refractivity contribution in [3.05, 3.63) is 29.7 Å². The normalized spacial score (nSPS) is 22.4. The number of fused-ring (bicyclic) bond motifs is 1. The Morgan fingerprint density at radius 3 is 2.70 bits per heavy atom. The van der Waals surface area contributed by atoms with E-state index in [1.54, 1.807) is 0 Å². The van der Waals surface area contributed by atoms with Crippen molar-refractivity contribution >= 4 is 10.9 Å². The number of halogens is 4. The molecule has 0 bridgehead atoms. The molecule has 1 fully saturated rings. The molecule has 108 valence electrons. The molecular weight excluding hydrogens is 272 g/mol. The van der Waals surface area contributed by atoms with E-state index in [4.69, 9.17) is 0 Å². The molecule has 1 saturated carbocycles. The molecule has 2 nitrogen and oxygen atoms in total. The van der Waals surface area contributed by atoms with Gasteiger partial charge in [-0.2, -0.15) is 18.3 Å². The molecule has 0 radical (unpaired) electrons. The van der Waals surface area contributed by atoms with E-state index in [-0.39, 0.29) is 11.7 Å².